The van der Waals surface area contributed by atoms with E-state index in [1.54, 1.807) is 0 Å². The summed E-state index contributed by atoms with van der Waals surface area (Å²) in [6.07, 6.45) is 0. The number of hydrogen-bond donors (Lipinski definition) is 4. The van der Waals surface area contributed by atoms with Crippen LogP contribution >= 0.6 is 15.6 Å². The van der Waals surface area contributed by atoms with Crippen molar-refractivity contribution in [3.63, 3.8) is 0 Å². The van der Waals surface area contributed by atoms with E-state index in [9.17, 15) is 9.13 Å². The molecule has 0 unspecified atom stereocenters. The summed E-state index contributed by atoms with van der Waals surface area (Å²) in [5.41, 5.74) is 0. The molecule has 0 spiro atoms. The molecule has 4 N–H and O–H groups in total. The van der Waals surface area contributed by atoms with Crippen molar-refractivity contribution in [2.24, 2.45) is 0 Å². The van der Waals surface area contributed by atoms with E-state index in [0.29, 0.717) is 0 Å². The Balaban J connectivity index is -0.000000320. The third kappa shape index (κ3) is 12.7. The molecule has 0 atom stereocenters. The van der Waals surface area contributed by atoms with Crippen molar-refractivity contribution in [1.82, 2.24) is 0 Å². The van der Waals surface area contributed by atoms with Gasteiger partial charge in [-0.2, -0.15) is 4.31 Å². The van der Waals surface area contributed by atoms with Crippen LogP contribution in [0.2, 0.25) is 0 Å². The van der Waals surface area contributed by atoms with Gasteiger partial charge in [-0.05, 0) is 0 Å². The average molecular weight is 264 g/mol. The Hall–Kier alpha value is 2.07. The van der Waals surface area contributed by atoms with Crippen LogP contribution in [0, 0.1) is 0 Å². The molecule has 0 aromatic heterocycles. The Kier molecular flexibility index (Phi) is 7.20. The first-order valence-electron chi connectivity index (χ1n) is 1.53. The van der Waals surface area contributed by atoms with E-state index in [4.69, 9.17) is 19.6 Å². The summed E-state index contributed by atoms with van der Waals surface area (Å²) in [6, 6.07) is 0. The van der Waals surface area contributed by atoms with Crippen LogP contribution in [0.1, 0.15) is 1.43 Å². The molecule has 0 aromatic rings. The average Bonchev–Trinajstić information content (AvgIpc) is 1.14. The van der Waals surface area contributed by atoms with Crippen molar-refractivity contribution < 1.29 is 92.6 Å². The molecule has 0 heterocycles. The molecule has 0 rings (SSSR count). The van der Waals surface area contributed by atoms with Crippen molar-refractivity contribution >= 4 is 15.6 Å². The molecule has 0 amide bonds. The fraction of sp³-hybridized carbons (Fsp3) is 0. The predicted octanol–water partition coefficient (Wildman–Crippen LogP) is -3.70. The van der Waals surface area contributed by atoms with Gasteiger partial charge in [-0.25, -0.2) is 9.13 Å². The van der Waals surface area contributed by atoms with Gasteiger partial charge in [0.25, 0.3) is 0 Å². The molecule has 58 valence electrons. The molecule has 0 aliphatic rings. The molecule has 0 bridgehead atoms. The normalized spacial score (nSPS) is 12.4. The summed E-state index contributed by atoms with van der Waals surface area (Å²) in [7, 11) is -10.1. The minimum Gasteiger partial charge on any atom is -1.00 e. The van der Waals surface area contributed by atoms with Crippen LogP contribution in [-0.2, 0) is 13.4 Å². The quantitative estimate of drug-likeness (QED) is 0.378. The molecular formula is H5O7P2Rb. The van der Waals surface area contributed by atoms with E-state index >= 15 is 0 Å². The van der Waals surface area contributed by atoms with Crippen molar-refractivity contribution in [3.8, 4) is 0 Å². The molecule has 0 saturated carbocycles. The van der Waals surface area contributed by atoms with Gasteiger partial charge in [0.15, 0.2) is 0 Å². The molecule has 7 nitrogen and oxygen atoms in total. The summed E-state index contributed by atoms with van der Waals surface area (Å²) in [5.74, 6) is 0. The summed E-state index contributed by atoms with van der Waals surface area (Å²) in [5, 5.41) is 0. The van der Waals surface area contributed by atoms with E-state index in [0.717, 1.165) is 0 Å². The summed E-state index contributed by atoms with van der Waals surface area (Å²) >= 11 is 0. The van der Waals surface area contributed by atoms with E-state index in [1.165, 1.54) is 0 Å². The van der Waals surface area contributed by atoms with Gasteiger partial charge in [0.1, 0.15) is 0 Å². The fourth-order valence-corrected chi connectivity index (χ4v) is 1.25. The van der Waals surface area contributed by atoms with Gasteiger partial charge in [-0.1, -0.05) is 0 Å². The van der Waals surface area contributed by atoms with Crippen LogP contribution in [0.25, 0.3) is 0 Å². The largest absolute Gasteiger partial charge is 1.00 e. The first-order chi connectivity index (χ1) is 3.71. The van der Waals surface area contributed by atoms with Gasteiger partial charge in [0, 0.05) is 0 Å². The van der Waals surface area contributed by atoms with Gasteiger partial charge in [0.2, 0.25) is 0 Å². The van der Waals surface area contributed by atoms with Crippen LogP contribution in [0.3, 0.4) is 0 Å². The molecule has 0 fully saturated rings. The monoisotopic (exact) mass is 264 g/mol. The van der Waals surface area contributed by atoms with E-state index < -0.39 is 15.6 Å². The molecule has 0 aromatic carbocycles. The predicted molar refractivity (Wildman–Crippen MR) is 26.3 cm³/mol. The molecule has 10 heteroatoms. The molecule has 0 radical (unpaired) electrons. The smallest absolute Gasteiger partial charge is 1.00 e. The summed E-state index contributed by atoms with van der Waals surface area (Å²) in [6.45, 7) is 0. The van der Waals surface area contributed by atoms with Gasteiger partial charge in [0.05, 0.1) is 0 Å². The minimum atomic E-state index is -5.05. The van der Waals surface area contributed by atoms with Crippen LogP contribution in [0.15, 0.2) is 0 Å². The van der Waals surface area contributed by atoms with E-state index in [2.05, 4.69) is 4.31 Å². The SMILES string of the molecule is O=P(O)(O)OP(=O)(O)O.[H-].[Rb+]. The molecule has 10 heavy (non-hydrogen) atoms. The molecule has 0 aliphatic heterocycles. The zero-order valence-corrected chi connectivity index (χ0v) is 11.6. The number of hydrogen-bond acceptors (Lipinski definition) is 3. The second-order valence-electron chi connectivity index (χ2n) is 1.06. The fourth-order valence-electron chi connectivity index (χ4n) is 0.139. The van der Waals surface area contributed by atoms with Crippen molar-refractivity contribution in [2.75, 3.05) is 0 Å². The Morgan fingerprint density at radius 2 is 1.20 bits per heavy atom. The summed E-state index contributed by atoms with van der Waals surface area (Å²) in [4.78, 5) is 31.0. The molecular weight excluding hydrogens is 259 g/mol. The second kappa shape index (κ2) is 4.94. The summed E-state index contributed by atoms with van der Waals surface area (Å²) < 4.78 is 22.2. The number of phosphoric acid groups is 2. The Morgan fingerprint density at radius 3 is 1.20 bits per heavy atom. The standard InChI is InChI=1S/H4O7P2.Rb.H/c1-8(2,3)7-9(4,5)6;;/h(H2,1,2,3)(H2,4,5,6);;/q;+1;-1. The van der Waals surface area contributed by atoms with E-state index in [1.807, 2.05) is 0 Å². The second-order valence-corrected chi connectivity index (χ2v) is 3.68. The number of rotatable bonds is 2. The van der Waals surface area contributed by atoms with Crippen molar-refractivity contribution in [3.05, 3.63) is 0 Å². The van der Waals surface area contributed by atoms with Gasteiger partial charge >= 0.3 is 73.8 Å². The van der Waals surface area contributed by atoms with Crippen LogP contribution in [0.5, 0.6) is 0 Å². The molecule has 0 aliphatic carbocycles. The third-order valence-corrected chi connectivity index (χ3v) is 1.91. The van der Waals surface area contributed by atoms with E-state index in [-0.39, 0.29) is 59.6 Å². The maximum Gasteiger partial charge on any atom is 1.00 e. The van der Waals surface area contributed by atoms with Gasteiger partial charge < -0.3 is 21.0 Å². The van der Waals surface area contributed by atoms with Crippen LogP contribution in [-0.4, -0.2) is 19.6 Å². The van der Waals surface area contributed by atoms with Crippen molar-refractivity contribution in [2.45, 2.75) is 0 Å². The van der Waals surface area contributed by atoms with Gasteiger partial charge in [-0.3, -0.25) is 0 Å². The Morgan fingerprint density at radius 1 is 1.00 bits per heavy atom. The first kappa shape index (κ1) is 14.6. The molecule has 0 saturated heterocycles. The first-order valence-corrected chi connectivity index (χ1v) is 4.59. The third-order valence-electron chi connectivity index (χ3n) is 0.213. The Bertz CT molecular complexity index is 157. The Labute approximate surface area is 107 Å². The topological polar surface area (TPSA) is 124 Å². The maximum absolute atomic E-state index is 9.63. The zero-order chi connectivity index (χ0) is 7.71. The zero-order valence-electron chi connectivity index (χ0n) is 5.91. The van der Waals surface area contributed by atoms with Crippen molar-refractivity contribution in [1.29, 1.82) is 0 Å². The van der Waals surface area contributed by atoms with Crippen LogP contribution < -0.4 is 58.2 Å². The van der Waals surface area contributed by atoms with Crippen LogP contribution in [0.4, 0.5) is 0 Å². The minimum absolute atomic E-state index is 0. The van der Waals surface area contributed by atoms with Gasteiger partial charge in [-0.15, -0.1) is 0 Å². The maximum atomic E-state index is 9.63.